The van der Waals surface area contributed by atoms with Crippen LogP contribution in [0.2, 0.25) is 46.3 Å². The third-order valence-corrected chi connectivity index (χ3v) is 33.3. The molecule has 2 unspecified atom stereocenters. The number of benzene rings is 3. The summed E-state index contributed by atoms with van der Waals surface area (Å²) < 4.78 is 48.7. The fourth-order valence-corrected chi connectivity index (χ4v) is 19.7. The van der Waals surface area contributed by atoms with Gasteiger partial charge in [0, 0.05) is 18.6 Å². The molecule has 5 atom stereocenters. The minimum Gasteiger partial charge on any atom is -0.459 e. The van der Waals surface area contributed by atoms with E-state index in [1.54, 1.807) is 7.11 Å². The molecule has 0 aliphatic carbocycles. The number of carbonyl (C=O) groups excluding carboxylic acids is 1. The first-order valence-corrected chi connectivity index (χ1v) is 35.9. The monoisotopic (exact) mass is 1070 g/mol. The molecule has 0 radical (unpaired) electrons. The van der Waals surface area contributed by atoms with Crippen molar-refractivity contribution in [3.05, 3.63) is 120 Å². The second kappa shape index (κ2) is 24.4. The van der Waals surface area contributed by atoms with Crippen molar-refractivity contribution >= 4 is 55.0 Å². The van der Waals surface area contributed by atoms with Gasteiger partial charge in [0.2, 0.25) is 0 Å². The maximum Gasteiger partial charge on any atom is 0.378 e. The van der Waals surface area contributed by atoms with Crippen molar-refractivity contribution in [1.82, 2.24) is 4.98 Å². The maximum atomic E-state index is 12.5. The second-order valence-corrected chi connectivity index (χ2v) is 44.1. The van der Waals surface area contributed by atoms with Crippen molar-refractivity contribution in [3.63, 3.8) is 0 Å². The number of esters is 1. The van der Waals surface area contributed by atoms with Gasteiger partial charge in [-0.15, -0.1) is 0 Å². The zero-order chi connectivity index (χ0) is 55.1. The Hall–Kier alpha value is -3.29. The van der Waals surface area contributed by atoms with Gasteiger partial charge >= 0.3 is 14.5 Å². The SMILES string of the molecule is CO[Si](OC/C(C)=C/[C@@H](O[Si](c1ccccc1)(c1ccccc1)C(C)(C)C)[C@@H](C[C@H](CC(O)Cc1nc(COC(=O)C(C)(C)C)co1)O[Si](C)(C)C(C)(C)C)O[Si](C)(C)C(C)(C)C)(c1ccccc1)C(C)(C)C. The number of rotatable bonds is 23. The molecule has 0 aliphatic rings. The van der Waals surface area contributed by atoms with Gasteiger partial charge in [0.05, 0.1) is 42.9 Å². The van der Waals surface area contributed by atoms with Gasteiger partial charge in [0.15, 0.2) is 22.5 Å². The molecule has 4 aromatic rings. The van der Waals surface area contributed by atoms with E-state index in [-0.39, 0.29) is 39.2 Å². The highest BCUT2D eigenvalue weighted by molar-refractivity contribution is 6.99. The molecule has 406 valence electrons. The first-order chi connectivity index (χ1) is 33.5. The van der Waals surface area contributed by atoms with E-state index < -0.39 is 63.3 Å². The summed E-state index contributed by atoms with van der Waals surface area (Å²) in [4.78, 5) is 17.2. The fourth-order valence-electron chi connectivity index (χ4n) is 8.83. The second-order valence-electron chi connectivity index (χ2n) is 26.3. The summed E-state index contributed by atoms with van der Waals surface area (Å²) in [6.07, 6.45) is 2.20. The fraction of sp³-hybridized carbons (Fsp3) is 0.593. The maximum absolute atomic E-state index is 12.5. The van der Waals surface area contributed by atoms with Gasteiger partial charge < -0.3 is 36.4 Å². The molecule has 0 saturated carbocycles. The van der Waals surface area contributed by atoms with Crippen LogP contribution in [0.15, 0.2) is 113 Å². The van der Waals surface area contributed by atoms with Crippen LogP contribution in [0.5, 0.6) is 0 Å². The third kappa shape index (κ3) is 15.9. The molecule has 0 aliphatic heterocycles. The smallest absolute Gasteiger partial charge is 0.378 e. The van der Waals surface area contributed by atoms with Crippen LogP contribution in [0, 0.1) is 5.41 Å². The van der Waals surface area contributed by atoms with Gasteiger partial charge in [-0.05, 0) is 91.0 Å². The Morgan fingerprint density at radius 2 is 1.14 bits per heavy atom. The van der Waals surface area contributed by atoms with Crippen LogP contribution in [0.1, 0.15) is 135 Å². The van der Waals surface area contributed by atoms with Crippen LogP contribution >= 0.6 is 0 Å². The molecular formula is C59H95NO9Si4. The lowest BCUT2D eigenvalue weighted by Crippen LogP contribution is -2.68. The van der Waals surface area contributed by atoms with E-state index >= 15 is 0 Å². The number of hydrogen-bond acceptors (Lipinski definition) is 10. The Kier molecular flexibility index (Phi) is 20.8. The summed E-state index contributed by atoms with van der Waals surface area (Å²) in [6.45, 7) is 44.1. The Morgan fingerprint density at radius 3 is 1.58 bits per heavy atom. The average molecular weight is 1070 g/mol. The molecule has 0 amide bonds. The number of nitrogens with zero attached hydrogens (tertiary/aromatic N) is 1. The predicted molar refractivity (Wildman–Crippen MR) is 310 cm³/mol. The predicted octanol–water partition coefficient (Wildman–Crippen LogP) is 12.9. The van der Waals surface area contributed by atoms with E-state index in [1.807, 2.05) is 26.8 Å². The van der Waals surface area contributed by atoms with Gasteiger partial charge in [-0.1, -0.05) is 186 Å². The zero-order valence-corrected chi connectivity index (χ0v) is 52.8. The number of oxazole rings is 1. The molecule has 3 aromatic carbocycles. The molecule has 0 fully saturated rings. The molecule has 73 heavy (non-hydrogen) atoms. The number of carbonyl (C=O) groups is 1. The molecule has 10 nitrogen and oxygen atoms in total. The molecule has 0 saturated heterocycles. The number of aromatic nitrogens is 1. The largest absolute Gasteiger partial charge is 0.459 e. The quantitative estimate of drug-likeness (QED) is 0.0437. The average Bonchev–Trinajstić information content (AvgIpc) is 3.72. The minimum absolute atomic E-state index is 0.0128. The minimum atomic E-state index is -3.24. The molecule has 1 heterocycles. The molecule has 0 bridgehead atoms. The van der Waals surface area contributed by atoms with E-state index in [4.69, 9.17) is 31.3 Å². The molecule has 14 heteroatoms. The van der Waals surface area contributed by atoms with Crippen molar-refractivity contribution in [2.24, 2.45) is 5.41 Å². The van der Waals surface area contributed by atoms with Crippen LogP contribution in [-0.2, 0) is 44.7 Å². The Labute approximate surface area is 446 Å². The van der Waals surface area contributed by atoms with Crippen molar-refractivity contribution < 1.29 is 41.2 Å². The van der Waals surface area contributed by atoms with E-state index in [0.29, 0.717) is 31.0 Å². The van der Waals surface area contributed by atoms with Crippen molar-refractivity contribution in [3.8, 4) is 0 Å². The highest BCUT2D eigenvalue weighted by Crippen LogP contribution is 2.44. The molecule has 1 N–H and O–H groups in total. The Bertz CT molecular complexity index is 2320. The van der Waals surface area contributed by atoms with Crippen LogP contribution in [0.25, 0.3) is 0 Å². The molecule has 4 rings (SSSR count). The number of aliphatic hydroxyl groups excluding tert-OH is 1. The van der Waals surface area contributed by atoms with Crippen LogP contribution < -0.4 is 15.6 Å². The number of ether oxygens (including phenoxy) is 1. The summed E-state index contributed by atoms with van der Waals surface area (Å²) in [5.41, 5.74) is 0.838. The summed E-state index contributed by atoms with van der Waals surface area (Å²) in [5.74, 6) is 0.0383. The Balaban J connectivity index is 1.97. The zero-order valence-electron chi connectivity index (χ0n) is 48.8. The highest BCUT2D eigenvalue weighted by Gasteiger charge is 2.54. The lowest BCUT2D eigenvalue weighted by Gasteiger charge is -2.48. The summed E-state index contributed by atoms with van der Waals surface area (Å²) in [5, 5.41) is 14.6. The van der Waals surface area contributed by atoms with E-state index in [9.17, 15) is 9.90 Å². The lowest BCUT2D eigenvalue weighted by atomic mass is 9.97. The van der Waals surface area contributed by atoms with E-state index in [1.165, 1.54) is 6.26 Å². The van der Waals surface area contributed by atoms with Gasteiger partial charge in [-0.25, -0.2) is 4.98 Å². The summed E-state index contributed by atoms with van der Waals surface area (Å²) >= 11 is 0. The van der Waals surface area contributed by atoms with Crippen LogP contribution in [0.3, 0.4) is 0 Å². The van der Waals surface area contributed by atoms with Crippen molar-refractivity contribution in [2.45, 2.75) is 207 Å². The first kappa shape index (κ1) is 62.2. The summed E-state index contributed by atoms with van der Waals surface area (Å²) in [7, 11) is -9.57. The van der Waals surface area contributed by atoms with Crippen LogP contribution in [-0.4, -0.2) is 87.7 Å². The van der Waals surface area contributed by atoms with Gasteiger partial charge in [0.1, 0.15) is 18.6 Å². The Morgan fingerprint density at radius 1 is 0.658 bits per heavy atom. The normalized spacial score (nSPS) is 16.4. The molecule has 0 spiro atoms. The van der Waals surface area contributed by atoms with Gasteiger partial charge in [-0.3, -0.25) is 4.79 Å². The lowest BCUT2D eigenvalue weighted by molar-refractivity contribution is -0.154. The highest BCUT2D eigenvalue weighted by atomic mass is 28.4. The molecule has 1 aromatic heterocycles. The van der Waals surface area contributed by atoms with Crippen LogP contribution in [0.4, 0.5) is 0 Å². The number of aliphatic hydroxyl groups is 1. The van der Waals surface area contributed by atoms with Gasteiger partial charge in [-0.2, -0.15) is 0 Å². The number of hydrogen-bond donors (Lipinski definition) is 1. The first-order valence-electron chi connectivity index (χ1n) is 26.3. The third-order valence-electron chi connectivity index (χ3n) is 15.0. The molecular weight excluding hydrogens is 979 g/mol. The van der Waals surface area contributed by atoms with Gasteiger partial charge in [0.25, 0.3) is 8.32 Å². The van der Waals surface area contributed by atoms with E-state index in [2.05, 4.69) is 212 Å². The van der Waals surface area contributed by atoms with Crippen molar-refractivity contribution in [1.29, 1.82) is 0 Å². The van der Waals surface area contributed by atoms with Crippen molar-refractivity contribution in [2.75, 3.05) is 13.7 Å². The standard InChI is InChI=1S/C59H95NO9Si4/c1-44(41-66-73(63-17,59(14,15)16)50-35-29-24-30-36-50)37-51(69-72(58(11,12)13,48-31-25-22-26-32-48)49-33-27-23-28-34-49)52(68-71(20,21)57(8,9)10)40-47(67-70(18,19)56(5,6)7)38-46(61)39-53-60-45(42-64-53)43-65-54(62)55(2,3)4/h22-37,42,46-47,51-52,61H,38-41,43H2,1-21H3/b44-37+/t46?,47-,51+,52+,73?/m0/s1. The van der Waals surface area contributed by atoms with E-state index in [0.717, 1.165) is 21.1 Å². The summed E-state index contributed by atoms with van der Waals surface area (Å²) in [6, 6.07) is 31.9. The topological polar surface area (TPSA) is 119 Å².